The van der Waals surface area contributed by atoms with Crippen molar-refractivity contribution in [1.29, 1.82) is 5.26 Å². The highest BCUT2D eigenvalue weighted by Gasteiger charge is 2.29. The molecule has 1 atom stereocenters. The van der Waals surface area contributed by atoms with E-state index in [1.165, 1.54) is 30.5 Å². The summed E-state index contributed by atoms with van der Waals surface area (Å²) in [6, 6.07) is 14.1. The van der Waals surface area contributed by atoms with Crippen LogP contribution in [0, 0.1) is 17.1 Å². The van der Waals surface area contributed by atoms with Gasteiger partial charge in [-0.25, -0.2) is 4.39 Å². The van der Waals surface area contributed by atoms with Crippen molar-refractivity contribution in [2.45, 2.75) is 31.8 Å². The van der Waals surface area contributed by atoms with Crippen molar-refractivity contribution in [3.8, 4) is 6.07 Å². The maximum absolute atomic E-state index is 13.7. The summed E-state index contributed by atoms with van der Waals surface area (Å²) < 4.78 is 44.4. The maximum Gasteiger partial charge on any atom is 0.279 e. The Labute approximate surface area is 175 Å². The highest BCUT2D eigenvalue weighted by molar-refractivity contribution is 7.87. The lowest BCUT2D eigenvalue weighted by molar-refractivity contribution is 0.461. The van der Waals surface area contributed by atoms with E-state index < -0.39 is 10.2 Å². The zero-order valence-electron chi connectivity index (χ0n) is 16.9. The van der Waals surface area contributed by atoms with Crippen molar-refractivity contribution in [1.82, 2.24) is 13.6 Å². The second-order valence-corrected chi connectivity index (χ2v) is 9.75. The fourth-order valence-electron chi connectivity index (χ4n) is 4.13. The van der Waals surface area contributed by atoms with Crippen LogP contribution in [0.15, 0.2) is 42.5 Å². The molecule has 4 rings (SSSR count). The third-order valence-corrected chi connectivity index (χ3v) is 7.21. The molecular weight excluding hydrogens is 403 g/mol. The van der Waals surface area contributed by atoms with Gasteiger partial charge in [0.25, 0.3) is 10.2 Å². The van der Waals surface area contributed by atoms with E-state index in [-0.39, 0.29) is 11.9 Å². The summed E-state index contributed by atoms with van der Waals surface area (Å²) in [7, 11) is -0.529. The molecule has 1 heterocycles. The van der Waals surface area contributed by atoms with Gasteiger partial charge in [0.1, 0.15) is 5.82 Å². The zero-order valence-corrected chi connectivity index (χ0v) is 17.7. The van der Waals surface area contributed by atoms with Gasteiger partial charge in [-0.05, 0) is 60.7 Å². The molecule has 8 heteroatoms. The van der Waals surface area contributed by atoms with Crippen LogP contribution >= 0.6 is 0 Å². The Hall–Kier alpha value is -2.73. The molecule has 3 aromatic rings. The van der Waals surface area contributed by atoms with E-state index in [0.717, 1.165) is 27.7 Å². The summed E-state index contributed by atoms with van der Waals surface area (Å²) in [6.07, 6.45) is 1.91. The van der Waals surface area contributed by atoms with Crippen molar-refractivity contribution < 1.29 is 12.8 Å². The molecule has 0 aliphatic heterocycles. The fourth-order valence-corrected chi connectivity index (χ4v) is 4.97. The molecule has 0 amide bonds. The molecule has 30 heavy (non-hydrogen) atoms. The Morgan fingerprint density at radius 2 is 2.07 bits per heavy atom. The van der Waals surface area contributed by atoms with E-state index in [9.17, 15) is 18.1 Å². The maximum atomic E-state index is 13.7. The molecule has 0 saturated heterocycles. The first-order chi connectivity index (χ1) is 14.3. The van der Waals surface area contributed by atoms with Crippen molar-refractivity contribution in [3.05, 3.63) is 70.7 Å². The third kappa shape index (κ3) is 3.84. The van der Waals surface area contributed by atoms with Gasteiger partial charge in [-0.1, -0.05) is 12.1 Å². The second kappa shape index (κ2) is 7.84. The molecule has 0 spiro atoms. The van der Waals surface area contributed by atoms with Gasteiger partial charge in [0, 0.05) is 43.3 Å². The minimum Gasteiger partial charge on any atom is -0.340 e. The first kappa shape index (κ1) is 20.5. The summed E-state index contributed by atoms with van der Waals surface area (Å²) in [5.74, 6) is -0.275. The SMILES string of the molecule is CN(C)S(=O)(=O)NC1CCc2c(c3cc(C#N)ccc3n2Cc2cccc(F)c2)C1. The summed E-state index contributed by atoms with van der Waals surface area (Å²) in [4.78, 5) is 0. The van der Waals surface area contributed by atoms with Crippen LogP contribution in [0.1, 0.15) is 28.8 Å². The van der Waals surface area contributed by atoms with Crippen LogP contribution in [-0.2, 0) is 29.6 Å². The van der Waals surface area contributed by atoms with Gasteiger partial charge < -0.3 is 4.57 Å². The topological polar surface area (TPSA) is 78.1 Å². The Morgan fingerprint density at radius 3 is 2.77 bits per heavy atom. The van der Waals surface area contributed by atoms with Crippen molar-refractivity contribution >= 4 is 21.1 Å². The predicted octanol–water partition coefficient (Wildman–Crippen LogP) is 2.95. The lowest BCUT2D eigenvalue weighted by Crippen LogP contribution is -2.44. The zero-order chi connectivity index (χ0) is 21.5. The van der Waals surface area contributed by atoms with Crippen molar-refractivity contribution in [3.63, 3.8) is 0 Å². The average Bonchev–Trinajstić information content (AvgIpc) is 3.00. The molecule has 1 aromatic heterocycles. The fraction of sp³-hybridized carbons (Fsp3) is 0.318. The van der Waals surface area contributed by atoms with Crippen LogP contribution in [0.2, 0.25) is 0 Å². The van der Waals surface area contributed by atoms with E-state index in [1.807, 2.05) is 18.2 Å². The minimum absolute atomic E-state index is 0.219. The summed E-state index contributed by atoms with van der Waals surface area (Å²) in [6.45, 7) is 0.517. The molecule has 1 aliphatic rings. The smallest absolute Gasteiger partial charge is 0.279 e. The average molecular weight is 427 g/mol. The van der Waals surface area contributed by atoms with Crippen LogP contribution in [0.25, 0.3) is 10.9 Å². The van der Waals surface area contributed by atoms with Crippen LogP contribution in [0.3, 0.4) is 0 Å². The quantitative estimate of drug-likeness (QED) is 0.681. The van der Waals surface area contributed by atoms with Crippen LogP contribution in [0.4, 0.5) is 4.39 Å². The van der Waals surface area contributed by atoms with Gasteiger partial charge in [-0.2, -0.15) is 22.7 Å². The molecule has 6 nitrogen and oxygen atoms in total. The number of nitriles is 1. The van der Waals surface area contributed by atoms with Gasteiger partial charge in [0.2, 0.25) is 0 Å². The van der Waals surface area contributed by atoms with E-state index in [1.54, 1.807) is 12.1 Å². The Morgan fingerprint density at radius 1 is 1.27 bits per heavy atom. The summed E-state index contributed by atoms with van der Waals surface area (Å²) in [5.41, 5.74) is 4.55. The van der Waals surface area contributed by atoms with Gasteiger partial charge in [0.15, 0.2) is 0 Å². The number of rotatable bonds is 5. The Kier molecular flexibility index (Phi) is 5.36. The van der Waals surface area contributed by atoms with Crippen LogP contribution < -0.4 is 4.72 Å². The van der Waals surface area contributed by atoms with Gasteiger partial charge in [-0.3, -0.25) is 0 Å². The van der Waals surface area contributed by atoms with Crippen LogP contribution in [0.5, 0.6) is 0 Å². The molecule has 0 bridgehead atoms. The molecule has 2 aromatic carbocycles. The number of benzene rings is 2. The molecule has 1 aliphatic carbocycles. The molecule has 1 unspecified atom stereocenters. The highest BCUT2D eigenvalue weighted by atomic mass is 32.2. The van der Waals surface area contributed by atoms with E-state index in [2.05, 4.69) is 15.4 Å². The first-order valence-electron chi connectivity index (χ1n) is 9.77. The van der Waals surface area contributed by atoms with E-state index >= 15 is 0 Å². The number of fused-ring (bicyclic) bond motifs is 3. The summed E-state index contributed by atoms with van der Waals surface area (Å²) >= 11 is 0. The van der Waals surface area contributed by atoms with E-state index in [0.29, 0.717) is 31.4 Å². The molecule has 0 saturated carbocycles. The molecule has 156 valence electrons. The molecule has 0 fully saturated rings. The monoisotopic (exact) mass is 426 g/mol. The number of aromatic nitrogens is 1. The molecule has 0 radical (unpaired) electrons. The minimum atomic E-state index is -3.53. The van der Waals surface area contributed by atoms with Gasteiger partial charge in [-0.15, -0.1) is 0 Å². The Balaban J connectivity index is 1.77. The third-order valence-electron chi connectivity index (χ3n) is 5.62. The van der Waals surface area contributed by atoms with Crippen molar-refractivity contribution in [2.24, 2.45) is 0 Å². The number of nitrogens with zero attached hydrogens (tertiary/aromatic N) is 3. The summed E-state index contributed by atoms with van der Waals surface area (Å²) in [5, 5.41) is 10.3. The lowest BCUT2D eigenvalue weighted by atomic mass is 9.91. The second-order valence-electron chi connectivity index (χ2n) is 7.83. The predicted molar refractivity (Wildman–Crippen MR) is 114 cm³/mol. The largest absolute Gasteiger partial charge is 0.340 e. The molecule has 1 N–H and O–H groups in total. The first-order valence-corrected chi connectivity index (χ1v) is 11.2. The van der Waals surface area contributed by atoms with E-state index in [4.69, 9.17) is 0 Å². The van der Waals surface area contributed by atoms with Crippen molar-refractivity contribution in [2.75, 3.05) is 14.1 Å². The Bertz CT molecular complexity index is 1260. The highest BCUT2D eigenvalue weighted by Crippen LogP contribution is 2.34. The number of hydrogen-bond donors (Lipinski definition) is 1. The van der Waals surface area contributed by atoms with Crippen LogP contribution in [-0.4, -0.2) is 37.4 Å². The van der Waals surface area contributed by atoms with Gasteiger partial charge in [0.05, 0.1) is 11.6 Å². The molecular formula is C22H23FN4O2S. The van der Waals surface area contributed by atoms with Gasteiger partial charge >= 0.3 is 0 Å². The number of hydrogen-bond acceptors (Lipinski definition) is 3. The lowest BCUT2D eigenvalue weighted by Gasteiger charge is -2.26. The number of halogens is 1. The standard InChI is InChI=1S/C22H23FN4O2S/c1-26(2)30(28,29)25-18-7-9-22-20(12-18)19-11-15(13-24)6-8-21(19)27(22)14-16-4-3-5-17(23)10-16/h3-6,8,10-11,18,25H,7,9,12,14H2,1-2H3. The normalized spacial score (nSPS) is 16.6. The number of nitrogens with one attached hydrogen (secondary N) is 1.